The van der Waals surface area contributed by atoms with Gasteiger partial charge in [-0.2, -0.15) is 8.42 Å². The first kappa shape index (κ1) is 15.2. The maximum atomic E-state index is 12.0. The minimum absolute atomic E-state index is 0.105. The summed E-state index contributed by atoms with van der Waals surface area (Å²) in [6.45, 7) is 0. The van der Waals surface area contributed by atoms with Gasteiger partial charge in [0.1, 0.15) is 16.4 Å². The van der Waals surface area contributed by atoms with Gasteiger partial charge in [-0.05, 0) is 36.4 Å². The molecular formula is C13H9F3O4S. The van der Waals surface area contributed by atoms with Crippen molar-refractivity contribution in [1.29, 1.82) is 0 Å². The molecule has 2 aromatic carbocycles. The standard InChI is InChI=1S/C13H9F3O4S/c14-13(15,16)19-10-6-8-12(9-7-10)21(17,18)20-11-4-2-1-3-5-11/h1-9H. The van der Waals surface area contributed by atoms with Crippen molar-refractivity contribution in [3.05, 3.63) is 54.6 Å². The van der Waals surface area contributed by atoms with Crippen molar-refractivity contribution in [3.8, 4) is 11.5 Å². The van der Waals surface area contributed by atoms with Crippen LogP contribution < -0.4 is 8.92 Å². The third-order valence-corrected chi connectivity index (χ3v) is 3.56. The molecule has 21 heavy (non-hydrogen) atoms. The Hall–Kier alpha value is -2.22. The van der Waals surface area contributed by atoms with E-state index in [1.165, 1.54) is 12.1 Å². The Morgan fingerprint density at radius 2 is 1.38 bits per heavy atom. The van der Waals surface area contributed by atoms with Crippen LogP contribution in [0.4, 0.5) is 13.2 Å². The van der Waals surface area contributed by atoms with Gasteiger partial charge in [-0.25, -0.2) is 0 Å². The van der Waals surface area contributed by atoms with E-state index in [2.05, 4.69) is 4.74 Å². The second-order valence-electron chi connectivity index (χ2n) is 3.87. The lowest BCUT2D eigenvalue weighted by Gasteiger charge is -2.10. The first-order valence-electron chi connectivity index (χ1n) is 5.62. The first-order valence-corrected chi connectivity index (χ1v) is 7.02. The van der Waals surface area contributed by atoms with Gasteiger partial charge in [0.05, 0.1) is 0 Å². The summed E-state index contributed by atoms with van der Waals surface area (Å²) in [5, 5.41) is 0. The lowest BCUT2D eigenvalue weighted by molar-refractivity contribution is -0.274. The van der Waals surface area contributed by atoms with Gasteiger partial charge in [0.15, 0.2) is 0 Å². The van der Waals surface area contributed by atoms with E-state index in [9.17, 15) is 21.6 Å². The molecule has 4 nitrogen and oxygen atoms in total. The Kier molecular flexibility index (Phi) is 4.08. The molecule has 2 aromatic rings. The van der Waals surface area contributed by atoms with Crippen LogP contribution in [0.2, 0.25) is 0 Å². The molecule has 0 atom stereocenters. The highest BCUT2D eigenvalue weighted by atomic mass is 32.2. The molecule has 0 amide bonds. The number of ether oxygens (including phenoxy) is 1. The highest BCUT2D eigenvalue weighted by Gasteiger charge is 2.31. The molecule has 0 fully saturated rings. The Labute approximate surface area is 118 Å². The largest absolute Gasteiger partial charge is 0.573 e. The molecule has 0 unspecified atom stereocenters. The van der Waals surface area contributed by atoms with Crippen LogP contribution in [0, 0.1) is 0 Å². The molecule has 112 valence electrons. The van der Waals surface area contributed by atoms with Crippen LogP contribution >= 0.6 is 0 Å². The lowest BCUT2D eigenvalue weighted by Crippen LogP contribution is -2.17. The Morgan fingerprint density at radius 3 is 1.90 bits per heavy atom. The monoisotopic (exact) mass is 318 g/mol. The number of hydrogen-bond acceptors (Lipinski definition) is 4. The summed E-state index contributed by atoms with van der Waals surface area (Å²) in [7, 11) is -4.11. The number of rotatable bonds is 4. The van der Waals surface area contributed by atoms with Crippen LogP contribution in [-0.2, 0) is 10.1 Å². The Bertz CT molecular complexity index is 694. The molecule has 0 aromatic heterocycles. The van der Waals surface area contributed by atoms with E-state index in [-0.39, 0.29) is 10.6 Å². The van der Waals surface area contributed by atoms with Crippen LogP contribution in [-0.4, -0.2) is 14.8 Å². The maximum absolute atomic E-state index is 12.0. The van der Waals surface area contributed by atoms with Gasteiger partial charge < -0.3 is 8.92 Å². The highest BCUT2D eigenvalue weighted by molar-refractivity contribution is 7.87. The van der Waals surface area contributed by atoms with Crippen molar-refractivity contribution in [1.82, 2.24) is 0 Å². The lowest BCUT2D eigenvalue weighted by atomic mass is 10.3. The van der Waals surface area contributed by atoms with Crippen LogP contribution in [0.15, 0.2) is 59.5 Å². The van der Waals surface area contributed by atoms with Gasteiger partial charge in [0, 0.05) is 0 Å². The van der Waals surface area contributed by atoms with Gasteiger partial charge >= 0.3 is 16.5 Å². The molecule has 0 heterocycles. The van der Waals surface area contributed by atoms with Crippen LogP contribution in [0.3, 0.4) is 0 Å². The normalized spacial score (nSPS) is 12.0. The number of halogens is 3. The minimum Gasteiger partial charge on any atom is -0.406 e. The van der Waals surface area contributed by atoms with Crippen molar-refractivity contribution in [2.45, 2.75) is 11.3 Å². The average Bonchev–Trinajstić information content (AvgIpc) is 2.38. The Balaban J connectivity index is 2.18. The first-order chi connectivity index (χ1) is 9.76. The van der Waals surface area contributed by atoms with Gasteiger partial charge in [-0.1, -0.05) is 18.2 Å². The zero-order chi connectivity index (χ0) is 15.5. The smallest absolute Gasteiger partial charge is 0.406 e. The minimum atomic E-state index is -4.83. The van der Waals surface area contributed by atoms with Gasteiger partial charge in [0.25, 0.3) is 0 Å². The summed E-state index contributed by atoms with van der Waals surface area (Å²) in [5.74, 6) is -0.408. The van der Waals surface area contributed by atoms with E-state index < -0.39 is 22.2 Å². The fourth-order valence-electron chi connectivity index (χ4n) is 1.46. The van der Waals surface area contributed by atoms with E-state index in [0.717, 1.165) is 24.3 Å². The second-order valence-corrected chi connectivity index (χ2v) is 5.42. The summed E-state index contributed by atoms with van der Waals surface area (Å²) in [6.07, 6.45) is -4.83. The summed E-state index contributed by atoms with van der Waals surface area (Å²) >= 11 is 0. The van der Waals surface area contributed by atoms with Crippen LogP contribution in [0.5, 0.6) is 11.5 Å². The number of alkyl halides is 3. The molecule has 0 bridgehead atoms. The van der Waals surface area contributed by atoms with Crippen LogP contribution in [0.1, 0.15) is 0 Å². The topological polar surface area (TPSA) is 52.6 Å². The molecule has 0 saturated heterocycles. The van der Waals surface area contributed by atoms with Crippen molar-refractivity contribution >= 4 is 10.1 Å². The zero-order valence-corrected chi connectivity index (χ0v) is 11.2. The molecule has 0 radical (unpaired) electrons. The van der Waals surface area contributed by atoms with E-state index in [0.29, 0.717) is 0 Å². The Morgan fingerprint density at radius 1 is 0.810 bits per heavy atom. The highest BCUT2D eigenvalue weighted by Crippen LogP contribution is 2.25. The van der Waals surface area contributed by atoms with Crippen molar-refractivity contribution < 1.29 is 30.5 Å². The molecule has 0 saturated carbocycles. The van der Waals surface area contributed by atoms with Gasteiger partial charge in [-0.3, -0.25) is 0 Å². The molecular weight excluding hydrogens is 309 g/mol. The van der Waals surface area contributed by atoms with E-state index in [1.807, 2.05) is 0 Å². The second kappa shape index (κ2) is 5.65. The van der Waals surface area contributed by atoms with Crippen molar-refractivity contribution in [2.75, 3.05) is 0 Å². The van der Waals surface area contributed by atoms with E-state index in [1.54, 1.807) is 18.2 Å². The molecule has 0 aliphatic carbocycles. The summed E-state index contributed by atoms with van der Waals surface area (Å²) in [5.41, 5.74) is 0. The van der Waals surface area contributed by atoms with E-state index >= 15 is 0 Å². The average molecular weight is 318 g/mol. The third kappa shape index (κ3) is 4.38. The zero-order valence-electron chi connectivity index (χ0n) is 10.4. The molecule has 2 rings (SSSR count). The predicted molar refractivity (Wildman–Crippen MR) is 67.4 cm³/mol. The quantitative estimate of drug-likeness (QED) is 0.811. The molecule has 0 N–H and O–H groups in total. The molecule has 0 aliphatic heterocycles. The summed E-state index contributed by atoms with van der Waals surface area (Å²) < 4.78 is 68.3. The summed E-state index contributed by atoms with van der Waals surface area (Å²) in [4.78, 5) is -0.277. The number of para-hydroxylation sites is 1. The maximum Gasteiger partial charge on any atom is 0.573 e. The molecule has 8 heteroatoms. The van der Waals surface area contributed by atoms with Gasteiger partial charge in [-0.15, -0.1) is 13.2 Å². The fraction of sp³-hybridized carbons (Fsp3) is 0.0769. The summed E-state index contributed by atoms with van der Waals surface area (Å²) in [6, 6.07) is 11.5. The predicted octanol–water partition coefficient (Wildman–Crippen LogP) is 3.35. The molecule has 0 aliphatic rings. The molecule has 0 spiro atoms. The van der Waals surface area contributed by atoms with Gasteiger partial charge in [0.2, 0.25) is 0 Å². The van der Waals surface area contributed by atoms with Crippen LogP contribution in [0.25, 0.3) is 0 Å². The van der Waals surface area contributed by atoms with E-state index in [4.69, 9.17) is 4.18 Å². The fourth-order valence-corrected chi connectivity index (χ4v) is 2.39. The number of hydrogen-bond donors (Lipinski definition) is 0. The number of benzene rings is 2. The SMILES string of the molecule is O=S(=O)(Oc1ccccc1)c1ccc(OC(F)(F)F)cc1. The van der Waals surface area contributed by atoms with Crippen molar-refractivity contribution in [2.24, 2.45) is 0 Å². The third-order valence-electron chi connectivity index (χ3n) is 2.30. The van der Waals surface area contributed by atoms with Crippen molar-refractivity contribution in [3.63, 3.8) is 0 Å².